The number of ether oxygens (including phenoxy) is 2. The van der Waals surface area contributed by atoms with Crippen LogP contribution in [0.25, 0.3) is 0 Å². The maximum Gasteiger partial charge on any atom is 0.358 e. The fourth-order valence-electron chi connectivity index (χ4n) is 2.23. The molecule has 9 nitrogen and oxygen atoms in total. The lowest BCUT2D eigenvalue weighted by atomic mass is 10.0. The van der Waals surface area contributed by atoms with Gasteiger partial charge in [0.05, 0.1) is 12.7 Å². The van der Waals surface area contributed by atoms with Gasteiger partial charge < -0.3 is 19.9 Å². The summed E-state index contributed by atoms with van der Waals surface area (Å²) in [5, 5.41) is 18.5. The fourth-order valence-corrected chi connectivity index (χ4v) is 2.23. The summed E-state index contributed by atoms with van der Waals surface area (Å²) in [6.07, 6.45) is 11.7. The molecule has 1 aliphatic heterocycles. The summed E-state index contributed by atoms with van der Waals surface area (Å²) >= 11 is 0. The molecule has 0 unspecified atom stereocenters. The summed E-state index contributed by atoms with van der Waals surface area (Å²) in [5.74, 6) is -0.962. The van der Waals surface area contributed by atoms with Gasteiger partial charge in [-0.3, -0.25) is 4.79 Å². The van der Waals surface area contributed by atoms with Crippen LogP contribution in [0.5, 0.6) is 0 Å². The Morgan fingerprint density at radius 2 is 2.20 bits per heavy atom. The van der Waals surface area contributed by atoms with Gasteiger partial charge >= 0.3 is 5.97 Å². The van der Waals surface area contributed by atoms with Crippen LogP contribution in [0.15, 0.2) is 54.0 Å². The molecule has 0 saturated carbocycles. The lowest BCUT2D eigenvalue weighted by Crippen LogP contribution is -2.29. The summed E-state index contributed by atoms with van der Waals surface area (Å²) in [5.41, 5.74) is 0.862. The predicted molar refractivity (Wildman–Crippen MR) is 84.8 cm³/mol. The maximum absolute atomic E-state index is 12.0. The Bertz CT molecular complexity index is 803. The highest BCUT2D eigenvalue weighted by Gasteiger charge is 2.18. The van der Waals surface area contributed by atoms with Crippen LogP contribution in [0.2, 0.25) is 0 Å². The van der Waals surface area contributed by atoms with Crippen LogP contribution in [0.1, 0.15) is 23.3 Å². The van der Waals surface area contributed by atoms with E-state index in [2.05, 4.69) is 21.7 Å². The minimum Gasteiger partial charge on any atom is -0.476 e. The molecule has 0 atom stereocenters. The number of hydrogen-bond acceptors (Lipinski definition) is 6. The van der Waals surface area contributed by atoms with Gasteiger partial charge in [0.2, 0.25) is 5.76 Å². The van der Waals surface area contributed by atoms with Crippen LogP contribution in [0, 0.1) is 0 Å². The number of amides is 1. The van der Waals surface area contributed by atoms with Crippen molar-refractivity contribution in [2.24, 2.45) is 0 Å². The van der Waals surface area contributed by atoms with Crippen molar-refractivity contribution in [1.29, 1.82) is 0 Å². The molecule has 2 aliphatic rings. The minimum absolute atomic E-state index is 0.0421. The average Bonchev–Trinajstić information content (AvgIpc) is 3.12. The third-order valence-electron chi connectivity index (χ3n) is 3.52. The summed E-state index contributed by atoms with van der Waals surface area (Å²) < 4.78 is 12.1. The molecule has 3 rings (SSSR count). The molecule has 0 bridgehead atoms. The molecular formula is C16H16N4O5. The Kier molecular flexibility index (Phi) is 4.93. The number of carboxylic acids is 1. The van der Waals surface area contributed by atoms with Gasteiger partial charge in [0.15, 0.2) is 11.5 Å². The molecule has 0 radical (unpaired) electrons. The Morgan fingerprint density at radius 3 is 2.84 bits per heavy atom. The van der Waals surface area contributed by atoms with E-state index >= 15 is 0 Å². The number of hydrogen-bond donors (Lipinski definition) is 2. The molecule has 0 spiro atoms. The van der Waals surface area contributed by atoms with E-state index in [9.17, 15) is 9.59 Å². The maximum atomic E-state index is 12.0. The van der Waals surface area contributed by atoms with Gasteiger partial charge in [-0.05, 0) is 18.4 Å². The number of carboxylic acid groups (broad SMARTS) is 1. The normalized spacial score (nSPS) is 16.1. The topological polar surface area (TPSA) is 116 Å². The van der Waals surface area contributed by atoms with E-state index in [1.807, 2.05) is 12.2 Å². The van der Waals surface area contributed by atoms with Crippen molar-refractivity contribution in [3.05, 3.63) is 59.7 Å². The SMILES string of the molecule is O=C(NCCn1cc(C(=O)O)nn1)C1=COC(C2=CC=CCC2)=CO1. The zero-order chi connectivity index (χ0) is 17.6. The number of rotatable bonds is 6. The lowest BCUT2D eigenvalue weighted by molar-refractivity contribution is -0.120. The van der Waals surface area contributed by atoms with E-state index in [0.717, 1.165) is 18.4 Å². The Balaban J connectivity index is 1.46. The number of carbonyl (C=O) groups excluding carboxylic acids is 1. The number of aromatic carboxylic acids is 1. The van der Waals surface area contributed by atoms with Crippen LogP contribution in [-0.4, -0.2) is 38.5 Å². The molecule has 2 heterocycles. The zero-order valence-corrected chi connectivity index (χ0v) is 13.2. The van der Waals surface area contributed by atoms with E-state index in [4.69, 9.17) is 14.6 Å². The summed E-state index contributed by atoms with van der Waals surface area (Å²) in [4.78, 5) is 22.7. The molecule has 1 amide bonds. The molecule has 1 aromatic heterocycles. The molecule has 0 aromatic carbocycles. The van der Waals surface area contributed by atoms with Crippen LogP contribution < -0.4 is 5.32 Å². The van der Waals surface area contributed by atoms with E-state index in [0.29, 0.717) is 5.76 Å². The highest BCUT2D eigenvalue weighted by atomic mass is 16.5. The van der Waals surface area contributed by atoms with Crippen LogP contribution in [0.4, 0.5) is 0 Å². The first-order chi connectivity index (χ1) is 12.1. The number of aromatic nitrogens is 3. The predicted octanol–water partition coefficient (Wildman–Crippen LogP) is 1.10. The van der Waals surface area contributed by atoms with Crippen molar-refractivity contribution in [1.82, 2.24) is 20.3 Å². The first-order valence-corrected chi connectivity index (χ1v) is 7.65. The second-order valence-corrected chi connectivity index (χ2v) is 5.29. The summed E-state index contributed by atoms with van der Waals surface area (Å²) in [7, 11) is 0. The van der Waals surface area contributed by atoms with E-state index in [1.54, 1.807) is 0 Å². The molecule has 0 saturated heterocycles. The number of carbonyl (C=O) groups is 2. The van der Waals surface area contributed by atoms with Gasteiger partial charge in [0, 0.05) is 6.54 Å². The third kappa shape index (κ3) is 4.14. The highest BCUT2D eigenvalue weighted by molar-refractivity contribution is 5.91. The van der Waals surface area contributed by atoms with Crippen molar-refractivity contribution in [2.45, 2.75) is 19.4 Å². The first kappa shape index (κ1) is 16.5. The van der Waals surface area contributed by atoms with Crippen molar-refractivity contribution < 1.29 is 24.2 Å². The zero-order valence-electron chi connectivity index (χ0n) is 13.2. The standard InChI is InChI=1S/C16H16N4O5/c21-15(17-6-7-20-8-12(16(22)23)18-19-20)14-10-24-13(9-25-14)11-4-2-1-3-5-11/h1-2,4,8-10H,3,5-7H2,(H,17,21)(H,22,23). The van der Waals surface area contributed by atoms with Gasteiger partial charge in [0.1, 0.15) is 12.5 Å². The van der Waals surface area contributed by atoms with Gasteiger partial charge in [-0.15, -0.1) is 5.10 Å². The lowest BCUT2D eigenvalue weighted by Gasteiger charge is -2.17. The van der Waals surface area contributed by atoms with Crippen LogP contribution >= 0.6 is 0 Å². The Labute approximate surface area is 142 Å². The molecule has 0 fully saturated rings. The van der Waals surface area contributed by atoms with Gasteiger partial charge in [-0.1, -0.05) is 23.4 Å². The number of allylic oxidation sites excluding steroid dienone is 4. The smallest absolute Gasteiger partial charge is 0.358 e. The minimum atomic E-state index is -1.15. The summed E-state index contributed by atoms with van der Waals surface area (Å²) in [6, 6.07) is 0. The highest BCUT2D eigenvalue weighted by Crippen LogP contribution is 2.24. The second-order valence-electron chi connectivity index (χ2n) is 5.29. The van der Waals surface area contributed by atoms with E-state index in [1.165, 1.54) is 23.4 Å². The number of nitrogens with one attached hydrogen (secondary N) is 1. The molecule has 9 heteroatoms. The molecule has 25 heavy (non-hydrogen) atoms. The van der Waals surface area contributed by atoms with Gasteiger partial charge in [-0.25, -0.2) is 9.48 Å². The van der Waals surface area contributed by atoms with Crippen molar-refractivity contribution in [2.75, 3.05) is 6.54 Å². The molecule has 130 valence electrons. The molecule has 2 N–H and O–H groups in total. The summed E-state index contributed by atoms with van der Waals surface area (Å²) in [6.45, 7) is 0.509. The quantitative estimate of drug-likeness (QED) is 0.794. The van der Waals surface area contributed by atoms with Crippen LogP contribution in [-0.2, 0) is 20.8 Å². The van der Waals surface area contributed by atoms with E-state index in [-0.39, 0.29) is 24.5 Å². The third-order valence-corrected chi connectivity index (χ3v) is 3.52. The van der Waals surface area contributed by atoms with Gasteiger partial charge in [0.25, 0.3) is 5.91 Å². The number of nitrogens with zero attached hydrogens (tertiary/aromatic N) is 3. The van der Waals surface area contributed by atoms with E-state index < -0.39 is 11.9 Å². The Hall–Kier alpha value is -3.36. The average molecular weight is 344 g/mol. The fraction of sp³-hybridized carbons (Fsp3) is 0.250. The molecular weight excluding hydrogens is 328 g/mol. The molecule has 1 aliphatic carbocycles. The first-order valence-electron chi connectivity index (χ1n) is 7.65. The van der Waals surface area contributed by atoms with Crippen molar-refractivity contribution in [3.8, 4) is 0 Å². The Morgan fingerprint density at radius 1 is 1.32 bits per heavy atom. The monoisotopic (exact) mass is 344 g/mol. The van der Waals surface area contributed by atoms with Crippen molar-refractivity contribution in [3.63, 3.8) is 0 Å². The largest absolute Gasteiger partial charge is 0.476 e. The van der Waals surface area contributed by atoms with Crippen molar-refractivity contribution >= 4 is 11.9 Å². The molecule has 1 aromatic rings. The second kappa shape index (κ2) is 7.47. The van der Waals surface area contributed by atoms with Crippen LogP contribution in [0.3, 0.4) is 0 Å². The van der Waals surface area contributed by atoms with Gasteiger partial charge in [-0.2, -0.15) is 0 Å².